The Hall–Kier alpha value is -2.91. The Labute approximate surface area is 335 Å². The van der Waals surface area contributed by atoms with Gasteiger partial charge in [0.05, 0.1) is 40.7 Å². The second kappa shape index (κ2) is 16.2. The average molecular weight is 745 g/mol. The first kappa shape index (κ1) is 39.9. The van der Waals surface area contributed by atoms with Crippen molar-refractivity contribution in [1.29, 1.82) is 0 Å². The normalized spacial score (nSPS) is 18.9. The molecule has 1 N–H and O–H groups in total. The number of pyridine rings is 1. The standard InChI is InChI=1S/C29H29FN8O8S2.2Na/c1-3-36-10-16(27(43)44)22(39)15-8-17(30)19(9-18(15)36)37-6-4-35(5-7-37)13-31-20-25(42)38-21(28(45)46)14(11-47-26(20)38)12-48-29-32-23(40)24(41)33-34(29)2;;/h8-10,13,20,26H,3-7,11-12H2,1-2H3,(H,33,41)(H,43,44)(H,45,46);;/q;2*+1/p-2/t20-,26-;;/m0../s1. The van der Waals surface area contributed by atoms with Crippen LogP contribution in [0.5, 0.6) is 0 Å². The monoisotopic (exact) mass is 744 g/mol. The van der Waals surface area contributed by atoms with E-state index >= 15 is 4.39 Å². The molecule has 0 unspecified atom stereocenters. The smallest absolute Gasteiger partial charge is 0.545 e. The zero-order chi connectivity index (χ0) is 34.4. The van der Waals surface area contributed by atoms with E-state index in [-0.39, 0.29) is 92.5 Å². The maximum Gasteiger partial charge on any atom is 1.00 e. The molecule has 5 heterocycles. The molecular formula is C29H27FN8Na2O8S2. The summed E-state index contributed by atoms with van der Waals surface area (Å²) < 4.78 is 18.1. The quantitative estimate of drug-likeness (QED) is 0.0540. The number of carboxylic acid groups (broad SMARTS) is 2. The van der Waals surface area contributed by atoms with Gasteiger partial charge in [-0.15, -0.1) is 11.8 Å². The average Bonchev–Trinajstić information content (AvgIpc) is 3.05. The third-order valence-electron chi connectivity index (χ3n) is 8.29. The molecule has 2 atom stereocenters. The molecule has 2 aromatic heterocycles. The van der Waals surface area contributed by atoms with E-state index in [4.69, 9.17) is 0 Å². The van der Waals surface area contributed by atoms with Gasteiger partial charge < -0.3 is 34.2 Å². The van der Waals surface area contributed by atoms with Crippen molar-refractivity contribution in [3.63, 3.8) is 0 Å². The predicted molar refractivity (Wildman–Crippen MR) is 170 cm³/mol. The molecule has 3 aliphatic heterocycles. The van der Waals surface area contributed by atoms with Crippen LogP contribution in [0.15, 0.2) is 54.1 Å². The second-order valence-corrected chi connectivity index (χ2v) is 13.2. The Bertz CT molecular complexity index is 2120. The van der Waals surface area contributed by atoms with Gasteiger partial charge in [0.1, 0.15) is 11.2 Å². The number of nitrogens with zero attached hydrogens (tertiary/aromatic N) is 7. The number of β-lactam (4-membered cyclic amide) rings is 1. The molecule has 0 bridgehead atoms. The number of thioether (sulfide) groups is 2. The van der Waals surface area contributed by atoms with Crippen LogP contribution in [0.2, 0.25) is 0 Å². The number of nitrogens with one attached hydrogen (secondary N) is 1. The number of aryl methyl sites for hydroxylation is 2. The SMILES string of the molecule is CCn1cc(C(=O)[O-])c(=O)c2cc(F)c(N3CCN(C=N[C@H]4C(=O)N5C(C(=O)[O-])=C(CSc6nc(=O)c(=O)[nH]n6C)CS[C@@H]45)CC3)cc21.[Na+].[Na+]. The van der Waals surface area contributed by atoms with Crippen LogP contribution in [0.1, 0.15) is 17.3 Å². The predicted octanol–water partition coefficient (Wildman–Crippen LogP) is -8.46. The zero-order valence-electron chi connectivity index (χ0n) is 27.5. The van der Waals surface area contributed by atoms with Crippen molar-refractivity contribution < 1.29 is 88.1 Å². The van der Waals surface area contributed by atoms with E-state index in [1.807, 2.05) is 4.90 Å². The number of aromatic nitrogens is 4. The number of carbonyl (C=O) groups excluding carboxylic acids is 3. The number of H-pyrrole nitrogens is 1. The molecule has 2 fully saturated rings. The third-order valence-corrected chi connectivity index (χ3v) is 10.7. The van der Waals surface area contributed by atoms with Crippen molar-refractivity contribution in [2.75, 3.05) is 42.6 Å². The van der Waals surface area contributed by atoms with Crippen LogP contribution in [-0.4, -0.2) is 102 Å². The number of aromatic amines is 1. The minimum atomic E-state index is -1.63. The number of carbonyl (C=O) groups is 3. The maximum absolute atomic E-state index is 15.2. The summed E-state index contributed by atoms with van der Waals surface area (Å²) in [5.41, 5.74) is -2.37. The van der Waals surface area contributed by atoms with Crippen molar-refractivity contribution in [3.8, 4) is 0 Å². The van der Waals surface area contributed by atoms with E-state index in [9.17, 15) is 39.0 Å². The van der Waals surface area contributed by atoms with Gasteiger partial charge in [-0.25, -0.2) is 4.39 Å². The number of hydrogen-bond donors (Lipinski definition) is 1. The number of benzene rings is 1. The molecule has 50 heavy (non-hydrogen) atoms. The number of amides is 1. The molecule has 0 radical (unpaired) electrons. The van der Waals surface area contributed by atoms with Crippen LogP contribution in [-0.2, 0) is 23.2 Å². The van der Waals surface area contributed by atoms with Crippen molar-refractivity contribution in [2.45, 2.75) is 30.0 Å². The van der Waals surface area contributed by atoms with Gasteiger partial charge in [0, 0.05) is 62.9 Å². The molecule has 0 aliphatic carbocycles. The molecule has 3 aromatic rings. The van der Waals surface area contributed by atoms with E-state index in [0.717, 1.165) is 22.7 Å². The number of halogens is 1. The first-order chi connectivity index (χ1) is 22.9. The number of aromatic carboxylic acids is 1. The third kappa shape index (κ3) is 7.50. The van der Waals surface area contributed by atoms with Gasteiger partial charge in [-0.3, -0.25) is 38.9 Å². The van der Waals surface area contributed by atoms with Crippen molar-refractivity contribution in [2.24, 2.45) is 12.0 Å². The fourth-order valence-electron chi connectivity index (χ4n) is 5.80. The van der Waals surface area contributed by atoms with Crippen molar-refractivity contribution in [3.05, 3.63) is 71.9 Å². The summed E-state index contributed by atoms with van der Waals surface area (Å²) in [6, 6.07) is 1.78. The molecule has 21 heteroatoms. The van der Waals surface area contributed by atoms with Crippen LogP contribution in [0.25, 0.3) is 10.9 Å². The van der Waals surface area contributed by atoms with Gasteiger partial charge in [0.15, 0.2) is 16.6 Å². The van der Waals surface area contributed by atoms with Gasteiger partial charge in [-0.05, 0) is 24.6 Å². The maximum atomic E-state index is 15.2. The molecule has 1 aromatic carbocycles. The number of rotatable bonds is 9. The molecule has 0 saturated carbocycles. The topological polar surface area (TPSA) is 209 Å². The Kier molecular flexibility index (Phi) is 12.9. The van der Waals surface area contributed by atoms with E-state index in [2.05, 4.69) is 15.1 Å². The minimum absolute atomic E-state index is 0. The summed E-state index contributed by atoms with van der Waals surface area (Å²) in [6.07, 6.45) is 2.74. The first-order valence-electron chi connectivity index (χ1n) is 14.7. The number of piperazine rings is 1. The number of fused-ring (bicyclic) bond motifs is 2. The van der Waals surface area contributed by atoms with Crippen LogP contribution < -0.4 is 90.8 Å². The minimum Gasteiger partial charge on any atom is -0.545 e. The van der Waals surface area contributed by atoms with Crippen LogP contribution >= 0.6 is 23.5 Å². The van der Waals surface area contributed by atoms with Gasteiger partial charge in [0.2, 0.25) is 0 Å². The number of aliphatic carboxylic acids is 1. The molecule has 3 aliphatic rings. The molecule has 1 amide bonds. The number of hydrogen-bond acceptors (Lipinski definition) is 13. The van der Waals surface area contributed by atoms with E-state index < -0.39 is 57.2 Å². The summed E-state index contributed by atoms with van der Waals surface area (Å²) >= 11 is 2.38. The van der Waals surface area contributed by atoms with E-state index in [1.165, 1.54) is 35.8 Å². The number of carboxylic acids is 2. The van der Waals surface area contributed by atoms with E-state index in [1.54, 1.807) is 22.7 Å². The van der Waals surface area contributed by atoms with Gasteiger partial charge in [-0.1, -0.05) is 11.8 Å². The van der Waals surface area contributed by atoms with Crippen LogP contribution in [0.3, 0.4) is 0 Å². The Morgan fingerprint density at radius 3 is 2.46 bits per heavy atom. The second-order valence-electron chi connectivity index (χ2n) is 11.1. The first-order valence-corrected chi connectivity index (χ1v) is 16.7. The van der Waals surface area contributed by atoms with Gasteiger partial charge >= 0.3 is 70.2 Å². The zero-order valence-corrected chi connectivity index (χ0v) is 33.1. The van der Waals surface area contributed by atoms with Gasteiger partial charge in [-0.2, -0.15) is 4.98 Å². The fourth-order valence-corrected chi connectivity index (χ4v) is 8.20. The van der Waals surface area contributed by atoms with Crippen molar-refractivity contribution in [1.82, 2.24) is 29.1 Å². The summed E-state index contributed by atoms with van der Waals surface area (Å²) in [7, 11) is 1.49. The Morgan fingerprint density at radius 2 is 1.82 bits per heavy atom. The molecular weight excluding hydrogens is 717 g/mol. The number of aliphatic imine (C=N–C) groups is 1. The molecule has 16 nitrogen and oxygen atoms in total. The summed E-state index contributed by atoms with van der Waals surface area (Å²) in [4.78, 5) is 85.4. The molecule has 252 valence electrons. The van der Waals surface area contributed by atoms with Crippen molar-refractivity contribution >= 4 is 64.3 Å². The number of anilines is 1. The Balaban J connectivity index is 0.00000281. The largest absolute Gasteiger partial charge is 1.00 e. The fraction of sp³-hybridized carbons (Fsp3) is 0.379. The molecule has 0 spiro atoms. The summed E-state index contributed by atoms with van der Waals surface area (Å²) in [6.45, 7) is 3.76. The Morgan fingerprint density at radius 1 is 1.12 bits per heavy atom. The molecule has 2 saturated heterocycles. The van der Waals surface area contributed by atoms with Gasteiger partial charge in [0.25, 0.3) is 5.91 Å². The van der Waals surface area contributed by atoms with E-state index in [0.29, 0.717) is 43.8 Å². The summed E-state index contributed by atoms with van der Waals surface area (Å²) in [5.74, 6) is -3.95. The summed E-state index contributed by atoms with van der Waals surface area (Å²) in [5, 5.41) is 25.4. The van der Waals surface area contributed by atoms with Crippen LogP contribution in [0, 0.1) is 5.82 Å². The van der Waals surface area contributed by atoms with Crippen LogP contribution in [0.4, 0.5) is 10.1 Å². The molecule has 6 rings (SSSR count).